The van der Waals surface area contributed by atoms with E-state index in [0.717, 1.165) is 0 Å². The number of methoxy groups -OCH3 is 1. The van der Waals surface area contributed by atoms with Crippen LogP contribution in [0.4, 0.5) is 10.1 Å². The zero-order valence-corrected chi connectivity index (χ0v) is 10.0. The lowest BCUT2D eigenvalue weighted by molar-refractivity contribution is 0.298. The summed E-state index contributed by atoms with van der Waals surface area (Å²) in [6, 6.07) is 11.7. The maximum absolute atomic E-state index is 13.5. The largest absolute Gasteiger partial charge is 0.497 e. The van der Waals surface area contributed by atoms with E-state index in [1.54, 1.807) is 37.4 Å². The fourth-order valence-corrected chi connectivity index (χ4v) is 1.57. The summed E-state index contributed by atoms with van der Waals surface area (Å²) < 4.78 is 24.1. The maximum atomic E-state index is 13.5. The zero-order chi connectivity index (χ0) is 13.0. The van der Waals surface area contributed by atoms with Gasteiger partial charge in [-0.2, -0.15) is 0 Å². The van der Waals surface area contributed by atoms with Gasteiger partial charge < -0.3 is 15.2 Å². The van der Waals surface area contributed by atoms with E-state index in [9.17, 15) is 4.39 Å². The van der Waals surface area contributed by atoms with Gasteiger partial charge in [0, 0.05) is 17.3 Å². The molecule has 0 aliphatic rings. The van der Waals surface area contributed by atoms with Gasteiger partial charge in [-0.25, -0.2) is 4.39 Å². The Balaban J connectivity index is 2.11. The Morgan fingerprint density at radius 3 is 2.56 bits per heavy atom. The molecular formula is C14H14FNO2. The smallest absolute Gasteiger partial charge is 0.131 e. The third-order valence-electron chi connectivity index (χ3n) is 2.58. The summed E-state index contributed by atoms with van der Waals surface area (Å²) in [5, 5.41) is 0. The molecule has 0 heterocycles. The summed E-state index contributed by atoms with van der Waals surface area (Å²) in [4.78, 5) is 0. The number of hydrogen-bond donors (Lipinski definition) is 1. The van der Waals surface area contributed by atoms with Crippen LogP contribution in [0.3, 0.4) is 0 Å². The van der Waals surface area contributed by atoms with Gasteiger partial charge in [-0.05, 0) is 24.3 Å². The van der Waals surface area contributed by atoms with Crippen LogP contribution in [0, 0.1) is 5.82 Å². The number of hydrogen-bond acceptors (Lipinski definition) is 3. The molecule has 0 bridgehead atoms. The summed E-state index contributed by atoms with van der Waals surface area (Å²) in [5.41, 5.74) is 6.45. The van der Waals surface area contributed by atoms with Crippen LogP contribution in [-0.4, -0.2) is 7.11 Å². The minimum Gasteiger partial charge on any atom is -0.497 e. The van der Waals surface area contributed by atoms with E-state index < -0.39 is 0 Å². The molecular weight excluding hydrogens is 233 g/mol. The molecule has 0 unspecified atom stereocenters. The van der Waals surface area contributed by atoms with Crippen molar-refractivity contribution >= 4 is 5.69 Å². The van der Waals surface area contributed by atoms with Crippen molar-refractivity contribution in [3.8, 4) is 11.5 Å². The van der Waals surface area contributed by atoms with Gasteiger partial charge in [0.25, 0.3) is 0 Å². The Morgan fingerprint density at radius 1 is 1.11 bits per heavy atom. The first-order valence-electron chi connectivity index (χ1n) is 5.50. The minimum atomic E-state index is -0.363. The van der Waals surface area contributed by atoms with Crippen molar-refractivity contribution in [3.63, 3.8) is 0 Å². The molecule has 0 aromatic heterocycles. The molecule has 0 amide bonds. The molecule has 2 aromatic rings. The van der Waals surface area contributed by atoms with Crippen molar-refractivity contribution in [1.82, 2.24) is 0 Å². The van der Waals surface area contributed by atoms with E-state index in [-0.39, 0.29) is 12.4 Å². The van der Waals surface area contributed by atoms with Crippen molar-refractivity contribution in [3.05, 3.63) is 53.8 Å². The first-order valence-corrected chi connectivity index (χ1v) is 5.50. The van der Waals surface area contributed by atoms with Crippen LogP contribution in [0.5, 0.6) is 11.5 Å². The molecule has 2 rings (SSSR count). The number of rotatable bonds is 4. The third-order valence-corrected chi connectivity index (χ3v) is 2.58. The summed E-state index contributed by atoms with van der Waals surface area (Å²) in [7, 11) is 1.58. The van der Waals surface area contributed by atoms with Crippen LogP contribution in [0.25, 0.3) is 0 Å². The normalized spacial score (nSPS) is 10.1. The van der Waals surface area contributed by atoms with Crippen LogP contribution >= 0.6 is 0 Å². The zero-order valence-electron chi connectivity index (χ0n) is 10.0. The number of benzene rings is 2. The number of anilines is 1. The van der Waals surface area contributed by atoms with Crippen LogP contribution in [-0.2, 0) is 6.61 Å². The molecule has 4 heteroatoms. The van der Waals surface area contributed by atoms with Gasteiger partial charge in [-0.1, -0.05) is 12.1 Å². The lowest BCUT2D eigenvalue weighted by Gasteiger charge is -2.10. The molecule has 0 saturated heterocycles. The second kappa shape index (κ2) is 5.40. The SMILES string of the molecule is COc1cccc(OCc2c(N)cccc2F)c1. The van der Waals surface area contributed by atoms with E-state index in [1.165, 1.54) is 6.07 Å². The lowest BCUT2D eigenvalue weighted by atomic mass is 10.2. The second-order valence-electron chi connectivity index (χ2n) is 3.78. The monoisotopic (exact) mass is 247 g/mol. The number of ether oxygens (including phenoxy) is 2. The van der Waals surface area contributed by atoms with E-state index in [1.807, 2.05) is 6.07 Å². The fourth-order valence-electron chi connectivity index (χ4n) is 1.57. The average Bonchev–Trinajstić information content (AvgIpc) is 2.38. The summed E-state index contributed by atoms with van der Waals surface area (Å²) in [6.45, 7) is 0.0890. The lowest BCUT2D eigenvalue weighted by Crippen LogP contribution is -2.03. The third kappa shape index (κ3) is 2.71. The Bertz CT molecular complexity index is 523. The van der Waals surface area contributed by atoms with Crippen molar-refractivity contribution in [2.45, 2.75) is 6.61 Å². The molecule has 94 valence electrons. The summed E-state index contributed by atoms with van der Waals surface area (Å²) in [5.74, 6) is 0.934. The van der Waals surface area contributed by atoms with E-state index in [0.29, 0.717) is 22.7 Å². The molecule has 0 aliphatic heterocycles. The Hall–Kier alpha value is -2.23. The van der Waals surface area contributed by atoms with Gasteiger partial charge in [-0.3, -0.25) is 0 Å². The Kier molecular flexibility index (Phi) is 3.67. The summed E-state index contributed by atoms with van der Waals surface area (Å²) in [6.07, 6.45) is 0. The van der Waals surface area contributed by atoms with Gasteiger partial charge in [0.2, 0.25) is 0 Å². The van der Waals surface area contributed by atoms with Gasteiger partial charge in [-0.15, -0.1) is 0 Å². The van der Waals surface area contributed by atoms with E-state index in [4.69, 9.17) is 15.2 Å². The molecule has 2 N–H and O–H groups in total. The van der Waals surface area contributed by atoms with Gasteiger partial charge >= 0.3 is 0 Å². The Morgan fingerprint density at radius 2 is 1.83 bits per heavy atom. The first-order chi connectivity index (χ1) is 8.70. The molecule has 0 atom stereocenters. The highest BCUT2D eigenvalue weighted by molar-refractivity contribution is 5.47. The maximum Gasteiger partial charge on any atom is 0.131 e. The molecule has 0 radical (unpaired) electrons. The predicted molar refractivity (Wildman–Crippen MR) is 68.1 cm³/mol. The molecule has 18 heavy (non-hydrogen) atoms. The second-order valence-corrected chi connectivity index (χ2v) is 3.78. The first kappa shape index (κ1) is 12.2. The summed E-state index contributed by atoms with van der Waals surface area (Å²) >= 11 is 0. The van der Waals surface area contributed by atoms with Crippen LogP contribution < -0.4 is 15.2 Å². The van der Waals surface area contributed by atoms with E-state index in [2.05, 4.69) is 0 Å². The van der Waals surface area contributed by atoms with Crippen LogP contribution in [0.1, 0.15) is 5.56 Å². The molecule has 0 fully saturated rings. The average molecular weight is 247 g/mol. The van der Waals surface area contributed by atoms with Gasteiger partial charge in [0.05, 0.1) is 7.11 Å². The highest BCUT2D eigenvalue weighted by Gasteiger charge is 2.07. The predicted octanol–water partition coefficient (Wildman–Crippen LogP) is 3.00. The van der Waals surface area contributed by atoms with Crippen LogP contribution in [0.15, 0.2) is 42.5 Å². The van der Waals surface area contributed by atoms with Crippen LogP contribution in [0.2, 0.25) is 0 Å². The van der Waals surface area contributed by atoms with Crippen molar-refractivity contribution in [2.75, 3.05) is 12.8 Å². The minimum absolute atomic E-state index is 0.0890. The van der Waals surface area contributed by atoms with Gasteiger partial charge in [0.15, 0.2) is 0 Å². The highest BCUT2D eigenvalue weighted by atomic mass is 19.1. The van der Waals surface area contributed by atoms with Crippen molar-refractivity contribution in [1.29, 1.82) is 0 Å². The molecule has 3 nitrogen and oxygen atoms in total. The Labute approximate surface area is 105 Å². The number of nitrogens with two attached hydrogens (primary N) is 1. The number of halogens is 1. The number of nitrogen functional groups attached to an aromatic ring is 1. The van der Waals surface area contributed by atoms with Crippen molar-refractivity contribution < 1.29 is 13.9 Å². The quantitative estimate of drug-likeness (QED) is 0.845. The molecule has 0 spiro atoms. The highest BCUT2D eigenvalue weighted by Crippen LogP contribution is 2.22. The van der Waals surface area contributed by atoms with E-state index >= 15 is 0 Å². The molecule has 0 saturated carbocycles. The molecule has 0 aliphatic carbocycles. The molecule has 2 aromatic carbocycles. The van der Waals surface area contributed by atoms with Gasteiger partial charge in [0.1, 0.15) is 23.9 Å². The topological polar surface area (TPSA) is 44.5 Å². The fraction of sp³-hybridized carbons (Fsp3) is 0.143. The standard InChI is InChI=1S/C14H14FNO2/c1-17-10-4-2-5-11(8-10)18-9-12-13(15)6-3-7-14(12)16/h2-8H,9,16H2,1H3. The van der Waals surface area contributed by atoms with Crippen molar-refractivity contribution in [2.24, 2.45) is 0 Å².